The first-order valence-corrected chi connectivity index (χ1v) is 4.16. The molecule has 0 bridgehead atoms. The van der Waals surface area contributed by atoms with Gasteiger partial charge in [-0.2, -0.15) is 0 Å². The molecule has 1 aromatic carbocycles. The van der Waals surface area contributed by atoms with Crippen molar-refractivity contribution < 1.29 is 5.11 Å². The number of benzene rings is 1. The van der Waals surface area contributed by atoms with Crippen LogP contribution in [0.25, 0.3) is 0 Å². The van der Waals surface area contributed by atoms with Crippen molar-refractivity contribution in [2.75, 3.05) is 0 Å². The van der Waals surface area contributed by atoms with E-state index < -0.39 is 0 Å². The zero-order chi connectivity index (χ0) is 9.14. The van der Waals surface area contributed by atoms with Crippen LogP contribution < -0.4 is 5.73 Å². The fourth-order valence-electron chi connectivity index (χ4n) is 1.12. The van der Waals surface area contributed by atoms with E-state index >= 15 is 0 Å². The highest BCUT2D eigenvalue weighted by Crippen LogP contribution is 2.21. The Balaban J connectivity index is 2.88. The fourth-order valence-corrected chi connectivity index (χ4v) is 1.12. The molecule has 0 saturated heterocycles. The normalized spacial score (nSPS) is 13.3. The molecule has 1 atom stereocenters. The third-order valence-electron chi connectivity index (χ3n) is 1.97. The molecule has 66 valence electrons. The van der Waals surface area contributed by atoms with E-state index in [9.17, 15) is 5.11 Å². The molecule has 0 aliphatic heterocycles. The van der Waals surface area contributed by atoms with E-state index in [0.717, 1.165) is 5.56 Å². The van der Waals surface area contributed by atoms with Crippen molar-refractivity contribution in [2.45, 2.75) is 19.9 Å². The summed E-state index contributed by atoms with van der Waals surface area (Å²) in [6.07, 6.45) is 0. The third kappa shape index (κ3) is 1.98. The summed E-state index contributed by atoms with van der Waals surface area (Å²) in [5.41, 5.74) is 6.89. The third-order valence-corrected chi connectivity index (χ3v) is 1.97. The molecule has 3 N–H and O–H groups in total. The lowest BCUT2D eigenvalue weighted by atomic mass is 9.97. The molecule has 0 fully saturated rings. The van der Waals surface area contributed by atoms with Crippen molar-refractivity contribution in [1.82, 2.24) is 0 Å². The SMILES string of the molecule is CC(C)C(N)c1cccc(O)c1. The van der Waals surface area contributed by atoms with Gasteiger partial charge in [0.2, 0.25) is 0 Å². The molecule has 0 heterocycles. The summed E-state index contributed by atoms with van der Waals surface area (Å²) in [5, 5.41) is 9.19. The van der Waals surface area contributed by atoms with E-state index in [1.165, 1.54) is 0 Å². The highest BCUT2D eigenvalue weighted by Gasteiger charge is 2.09. The molecule has 0 spiro atoms. The lowest BCUT2D eigenvalue weighted by Crippen LogP contribution is -2.16. The van der Waals surface area contributed by atoms with Gasteiger partial charge in [-0.3, -0.25) is 0 Å². The molecule has 0 aromatic heterocycles. The smallest absolute Gasteiger partial charge is 0.115 e. The molecule has 0 aliphatic carbocycles. The molecule has 0 aliphatic rings. The molecule has 0 amide bonds. The van der Waals surface area contributed by atoms with Crippen molar-refractivity contribution in [2.24, 2.45) is 11.7 Å². The van der Waals surface area contributed by atoms with Crippen LogP contribution in [-0.2, 0) is 0 Å². The van der Waals surface area contributed by atoms with Gasteiger partial charge in [-0.15, -0.1) is 0 Å². The highest BCUT2D eigenvalue weighted by molar-refractivity contribution is 5.29. The first kappa shape index (κ1) is 9.07. The molecule has 12 heavy (non-hydrogen) atoms. The summed E-state index contributed by atoms with van der Waals surface area (Å²) in [4.78, 5) is 0. The van der Waals surface area contributed by atoms with Crippen LogP contribution in [0.4, 0.5) is 0 Å². The Morgan fingerprint density at radius 3 is 2.50 bits per heavy atom. The van der Waals surface area contributed by atoms with Gasteiger partial charge in [0.25, 0.3) is 0 Å². The number of nitrogens with two attached hydrogens (primary N) is 1. The quantitative estimate of drug-likeness (QED) is 0.704. The van der Waals surface area contributed by atoms with Crippen LogP contribution in [0.2, 0.25) is 0 Å². The molecule has 2 heteroatoms. The number of rotatable bonds is 2. The maximum absolute atomic E-state index is 9.19. The van der Waals surface area contributed by atoms with Crippen molar-refractivity contribution in [3.8, 4) is 5.75 Å². The second kappa shape index (κ2) is 3.59. The van der Waals surface area contributed by atoms with Crippen LogP contribution in [-0.4, -0.2) is 5.11 Å². The Kier molecular flexibility index (Phi) is 2.71. The van der Waals surface area contributed by atoms with E-state index in [2.05, 4.69) is 13.8 Å². The summed E-state index contributed by atoms with van der Waals surface area (Å²) in [6, 6.07) is 7.12. The Bertz CT molecular complexity index is 258. The van der Waals surface area contributed by atoms with Crippen molar-refractivity contribution in [3.05, 3.63) is 29.8 Å². The summed E-state index contributed by atoms with van der Waals surface area (Å²) in [6.45, 7) is 4.13. The minimum Gasteiger partial charge on any atom is -0.508 e. The average Bonchev–Trinajstić information content (AvgIpc) is 2.03. The van der Waals surface area contributed by atoms with Gasteiger partial charge < -0.3 is 10.8 Å². The van der Waals surface area contributed by atoms with Gasteiger partial charge in [-0.05, 0) is 23.6 Å². The van der Waals surface area contributed by atoms with Crippen LogP contribution in [0.15, 0.2) is 24.3 Å². The fraction of sp³-hybridized carbons (Fsp3) is 0.400. The van der Waals surface area contributed by atoms with Crippen molar-refractivity contribution >= 4 is 0 Å². The molecule has 2 nitrogen and oxygen atoms in total. The van der Waals surface area contributed by atoms with E-state index in [4.69, 9.17) is 5.73 Å². The summed E-state index contributed by atoms with van der Waals surface area (Å²) in [5.74, 6) is 0.676. The molecular formula is C10H15NO. The van der Waals surface area contributed by atoms with Crippen LogP contribution >= 0.6 is 0 Å². The first-order chi connectivity index (χ1) is 5.61. The predicted octanol–water partition coefficient (Wildman–Crippen LogP) is 2.05. The Hall–Kier alpha value is -1.02. The minimum absolute atomic E-state index is 0.0112. The number of hydrogen-bond donors (Lipinski definition) is 2. The average molecular weight is 165 g/mol. The van der Waals surface area contributed by atoms with Gasteiger partial charge >= 0.3 is 0 Å². The monoisotopic (exact) mass is 165 g/mol. The number of aromatic hydroxyl groups is 1. The summed E-state index contributed by atoms with van der Waals surface area (Å²) < 4.78 is 0. The molecule has 0 radical (unpaired) electrons. The predicted molar refractivity (Wildman–Crippen MR) is 49.9 cm³/mol. The van der Waals surface area contributed by atoms with E-state index in [1.807, 2.05) is 12.1 Å². The highest BCUT2D eigenvalue weighted by atomic mass is 16.3. The maximum atomic E-state index is 9.19. The zero-order valence-electron chi connectivity index (χ0n) is 7.49. The minimum atomic E-state index is 0.0112. The van der Waals surface area contributed by atoms with Gasteiger partial charge in [0.1, 0.15) is 5.75 Å². The number of phenolic OH excluding ortho intramolecular Hbond substituents is 1. The summed E-state index contributed by atoms with van der Waals surface area (Å²) in [7, 11) is 0. The van der Waals surface area contributed by atoms with Crippen molar-refractivity contribution in [1.29, 1.82) is 0 Å². The lowest BCUT2D eigenvalue weighted by molar-refractivity contribution is 0.468. The zero-order valence-corrected chi connectivity index (χ0v) is 7.49. The second-order valence-corrected chi connectivity index (χ2v) is 3.36. The van der Waals surface area contributed by atoms with Gasteiger partial charge in [0.15, 0.2) is 0 Å². The van der Waals surface area contributed by atoms with E-state index in [1.54, 1.807) is 12.1 Å². The molecule has 1 aromatic rings. The number of phenols is 1. The molecular weight excluding hydrogens is 150 g/mol. The topological polar surface area (TPSA) is 46.2 Å². The van der Waals surface area contributed by atoms with Crippen LogP contribution in [0, 0.1) is 5.92 Å². The Labute approximate surface area is 73.0 Å². The molecule has 1 rings (SSSR count). The van der Waals surface area contributed by atoms with Crippen LogP contribution in [0.1, 0.15) is 25.5 Å². The summed E-state index contributed by atoms with van der Waals surface area (Å²) >= 11 is 0. The Morgan fingerprint density at radius 1 is 1.33 bits per heavy atom. The van der Waals surface area contributed by atoms with Crippen LogP contribution in [0.3, 0.4) is 0 Å². The largest absolute Gasteiger partial charge is 0.508 e. The lowest BCUT2D eigenvalue weighted by Gasteiger charge is -2.15. The van der Waals surface area contributed by atoms with E-state index in [-0.39, 0.29) is 11.8 Å². The van der Waals surface area contributed by atoms with Gasteiger partial charge in [-0.1, -0.05) is 26.0 Å². The first-order valence-electron chi connectivity index (χ1n) is 4.16. The van der Waals surface area contributed by atoms with Crippen LogP contribution in [0.5, 0.6) is 5.75 Å². The van der Waals surface area contributed by atoms with Gasteiger partial charge in [-0.25, -0.2) is 0 Å². The van der Waals surface area contributed by atoms with Crippen molar-refractivity contribution in [3.63, 3.8) is 0 Å². The number of hydrogen-bond acceptors (Lipinski definition) is 2. The molecule has 0 saturated carbocycles. The van der Waals surface area contributed by atoms with E-state index in [0.29, 0.717) is 5.92 Å². The van der Waals surface area contributed by atoms with Gasteiger partial charge in [0, 0.05) is 6.04 Å². The Morgan fingerprint density at radius 2 is 2.00 bits per heavy atom. The second-order valence-electron chi connectivity index (χ2n) is 3.36. The van der Waals surface area contributed by atoms with Gasteiger partial charge in [0.05, 0.1) is 0 Å². The molecule has 1 unspecified atom stereocenters. The maximum Gasteiger partial charge on any atom is 0.115 e. The standard InChI is InChI=1S/C10H15NO/c1-7(2)10(11)8-4-3-5-9(12)6-8/h3-7,10,12H,11H2,1-2H3.